The highest BCUT2D eigenvalue weighted by Gasteiger charge is 2.13. The third-order valence-corrected chi connectivity index (χ3v) is 3.27. The van der Waals surface area contributed by atoms with Crippen LogP contribution in [0, 0.1) is 0 Å². The van der Waals surface area contributed by atoms with E-state index in [1.54, 1.807) is 14.2 Å². The smallest absolute Gasteiger partial charge is 0.161 e. The van der Waals surface area contributed by atoms with Gasteiger partial charge in [0.25, 0.3) is 0 Å². The van der Waals surface area contributed by atoms with E-state index in [1.165, 1.54) is 5.56 Å². The lowest BCUT2D eigenvalue weighted by Crippen LogP contribution is -2.29. The van der Waals surface area contributed by atoms with Crippen molar-refractivity contribution in [2.24, 2.45) is 0 Å². The van der Waals surface area contributed by atoms with Gasteiger partial charge in [-0.25, -0.2) is 0 Å². The molecule has 1 N–H and O–H groups in total. The molecule has 1 rings (SSSR count). The van der Waals surface area contributed by atoms with E-state index in [0.29, 0.717) is 6.04 Å². The Morgan fingerprint density at radius 1 is 1.22 bits per heavy atom. The Morgan fingerprint density at radius 3 is 2.44 bits per heavy atom. The van der Waals surface area contributed by atoms with Crippen molar-refractivity contribution in [2.75, 3.05) is 41.4 Å². The van der Waals surface area contributed by atoms with Crippen molar-refractivity contribution in [1.29, 1.82) is 0 Å². The number of benzene rings is 1. The van der Waals surface area contributed by atoms with E-state index in [9.17, 15) is 0 Å². The number of rotatable bonds is 7. The molecule has 0 spiro atoms. The summed E-state index contributed by atoms with van der Waals surface area (Å²) in [6, 6.07) is 6.43. The minimum atomic E-state index is 0.346. The molecule has 0 saturated carbocycles. The van der Waals surface area contributed by atoms with Crippen LogP contribution < -0.4 is 14.8 Å². The molecule has 0 aromatic heterocycles. The van der Waals surface area contributed by atoms with Gasteiger partial charge in [-0.2, -0.15) is 0 Å². The van der Waals surface area contributed by atoms with Crippen molar-refractivity contribution in [3.05, 3.63) is 23.8 Å². The normalized spacial score (nSPS) is 12.6. The monoisotopic (exact) mass is 252 g/mol. The fourth-order valence-electron chi connectivity index (χ4n) is 1.85. The summed E-state index contributed by atoms with van der Waals surface area (Å²) in [4.78, 5) is 2.30. The summed E-state index contributed by atoms with van der Waals surface area (Å²) in [6.07, 6.45) is 0. The van der Waals surface area contributed by atoms with Gasteiger partial charge in [0, 0.05) is 19.1 Å². The van der Waals surface area contributed by atoms with E-state index in [0.717, 1.165) is 24.6 Å². The van der Waals surface area contributed by atoms with Crippen LogP contribution in [0.2, 0.25) is 0 Å². The van der Waals surface area contributed by atoms with Crippen LogP contribution in [-0.2, 0) is 0 Å². The first-order valence-corrected chi connectivity index (χ1v) is 6.20. The first kappa shape index (κ1) is 14.8. The Labute approximate surface area is 110 Å². The van der Waals surface area contributed by atoms with Gasteiger partial charge >= 0.3 is 0 Å². The maximum absolute atomic E-state index is 5.33. The van der Waals surface area contributed by atoms with Gasteiger partial charge in [0.15, 0.2) is 11.5 Å². The highest BCUT2D eigenvalue weighted by atomic mass is 16.5. The molecule has 4 heteroatoms. The molecule has 1 aromatic rings. The minimum absolute atomic E-state index is 0.346. The molecule has 0 radical (unpaired) electrons. The summed E-state index contributed by atoms with van der Waals surface area (Å²) in [6.45, 7) is 4.18. The van der Waals surface area contributed by atoms with Crippen molar-refractivity contribution in [1.82, 2.24) is 10.2 Å². The number of methoxy groups -OCH3 is 2. The third kappa shape index (κ3) is 3.62. The van der Waals surface area contributed by atoms with Gasteiger partial charge in [-0.15, -0.1) is 0 Å². The topological polar surface area (TPSA) is 33.7 Å². The molecular weight excluding hydrogens is 228 g/mol. The zero-order valence-corrected chi connectivity index (χ0v) is 12.0. The molecule has 1 atom stereocenters. The van der Waals surface area contributed by atoms with E-state index >= 15 is 0 Å². The van der Waals surface area contributed by atoms with Crippen LogP contribution in [0.25, 0.3) is 0 Å². The zero-order valence-electron chi connectivity index (χ0n) is 12.0. The number of nitrogens with zero attached hydrogens (tertiary/aromatic N) is 1. The molecule has 0 bridgehead atoms. The largest absolute Gasteiger partial charge is 0.493 e. The van der Waals surface area contributed by atoms with Gasteiger partial charge < -0.3 is 14.8 Å². The molecule has 1 aromatic carbocycles. The summed E-state index contributed by atoms with van der Waals surface area (Å²) in [5, 5.41) is 3.16. The van der Waals surface area contributed by atoms with Gasteiger partial charge in [0.05, 0.1) is 14.2 Å². The van der Waals surface area contributed by atoms with Crippen molar-refractivity contribution in [2.45, 2.75) is 13.0 Å². The second-order valence-corrected chi connectivity index (χ2v) is 4.37. The van der Waals surface area contributed by atoms with Crippen LogP contribution in [0.5, 0.6) is 11.5 Å². The molecule has 0 heterocycles. The maximum atomic E-state index is 5.33. The Kier molecular flexibility index (Phi) is 5.95. The molecule has 0 aliphatic heterocycles. The number of ether oxygens (including phenoxy) is 2. The quantitative estimate of drug-likeness (QED) is 0.804. The molecule has 102 valence electrons. The third-order valence-electron chi connectivity index (χ3n) is 3.27. The molecule has 0 aliphatic carbocycles. The Bertz CT molecular complexity index is 369. The second-order valence-electron chi connectivity index (χ2n) is 4.37. The standard InChI is InChI=1S/C14H24N2O2/c1-11(16(3)9-8-15-2)12-6-7-13(17-4)14(10-12)18-5/h6-7,10-11,15H,8-9H2,1-5H3. The van der Waals surface area contributed by atoms with E-state index in [-0.39, 0.29) is 0 Å². The lowest BCUT2D eigenvalue weighted by molar-refractivity contribution is 0.262. The van der Waals surface area contributed by atoms with Crippen molar-refractivity contribution >= 4 is 0 Å². The summed E-state index contributed by atoms with van der Waals surface area (Å²) < 4.78 is 10.6. The summed E-state index contributed by atoms with van der Waals surface area (Å²) in [7, 11) is 7.41. The fourth-order valence-corrected chi connectivity index (χ4v) is 1.85. The Balaban J connectivity index is 2.82. The number of hydrogen-bond donors (Lipinski definition) is 1. The van der Waals surface area contributed by atoms with Crippen molar-refractivity contribution in [3.63, 3.8) is 0 Å². The summed E-state index contributed by atoms with van der Waals surface area (Å²) >= 11 is 0. The first-order valence-electron chi connectivity index (χ1n) is 6.20. The van der Waals surface area contributed by atoms with E-state index in [2.05, 4.69) is 30.3 Å². The van der Waals surface area contributed by atoms with Crippen molar-refractivity contribution in [3.8, 4) is 11.5 Å². The van der Waals surface area contributed by atoms with Crippen LogP contribution in [0.4, 0.5) is 0 Å². The average Bonchev–Trinajstić information content (AvgIpc) is 2.42. The molecule has 0 amide bonds. The zero-order chi connectivity index (χ0) is 13.5. The molecule has 4 nitrogen and oxygen atoms in total. The highest BCUT2D eigenvalue weighted by Crippen LogP contribution is 2.31. The van der Waals surface area contributed by atoms with Gasteiger partial charge in [-0.3, -0.25) is 4.90 Å². The van der Waals surface area contributed by atoms with Crippen LogP contribution in [-0.4, -0.2) is 46.3 Å². The van der Waals surface area contributed by atoms with Gasteiger partial charge in [0.1, 0.15) is 0 Å². The van der Waals surface area contributed by atoms with Crippen LogP contribution in [0.3, 0.4) is 0 Å². The van der Waals surface area contributed by atoms with Gasteiger partial charge in [-0.05, 0) is 38.7 Å². The van der Waals surface area contributed by atoms with Crippen molar-refractivity contribution < 1.29 is 9.47 Å². The molecule has 0 fully saturated rings. The van der Waals surface area contributed by atoms with E-state index < -0.39 is 0 Å². The molecular formula is C14H24N2O2. The van der Waals surface area contributed by atoms with E-state index in [4.69, 9.17) is 9.47 Å². The highest BCUT2D eigenvalue weighted by molar-refractivity contribution is 5.43. The van der Waals surface area contributed by atoms with E-state index in [1.807, 2.05) is 19.2 Å². The predicted molar refractivity (Wildman–Crippen MR) is 74.5 cm³/mol. The lowest BCUT2D eigenvalue weighted by Gasteiger charge is -2.25. The summed E-state index contributed by atoms with van der Waals surface area (Å²) in [5.41, 5.74) is 1.23. The first-order chi connectivity index (χ1) is 8.63. The SMILES string of the molecule is CNCCN(C)C(C)c1ccc(OC)c(OC)c1. The number of hydrogen-bond acceptors (Lipinski definition) is 4. The summed E-state index contributed by atoms with van der Waals surface area (Å²) in [5.74, 6) is 1.55. The molecule has 0 saturated heterocycles. The molecule has 1 unspecified atom stereocenters. The fraction of sp³-hybridized carbons (Fsp3) is 0.571. The lowest BCUT2D eigenvalue weighted by atomic mass is 10.1. The minimum Gasteiger partial charge on any atom is -0.493 e. The average molecular weight is 252 g/mol. The molecule has 0 aliphatic rings. The number of nitrogens with one attached hydrogen (secondary N) is 1. The van der Waals surface area contributed by atoms with Gasteiger partial charge in [-0.1, -0.05) is 6.07 Å². The number of likely N-dealkylation sites (N-methyl/N-ethyl adjacent to an activating group) is 2. The van der Waals surface area contributed by atoms with Crippen LogP contribution >= 0.6 is 0 Å². The van der Waals surface area contributed by atoms with Crippen LogP contribution in [0.15, 0.2) is 18.2 Å². The molecule has 18 heavy (non-hydrogen) atoms. The second kappa shape index (κ2) is 7.24. The Morgan fingerprint density at radius 2 is 1.89 bits per heavy atom. The Hall–Kier alpha value is -1.26. The van der Waals surface area contributed by atoms with Crippen LogP contribution in [0.1, 0.15) is 18.5 Å². The van der Waals surface area contributed by atoms with Gasteiger partial charge in [0.2, 0.25) is 0 Å². The maximum Gasteiger partial charge on any atom is 0.161 e. The predicted octanol–water partition coefficient (Wildman–Crippen LogP) is 1.92.